The van der Waals surface area contributed by atoms with Gasteiger partial charge in [-0.05, 0) is 25.0 Å². The second-order valence-electron chi connectivity index (χ2n) is 5.15. The van der Waals surface area contributed by atoms with Crippen LogP contribution in [0.15, 0.2) is 11.6 Å². The molecule has 1 aliphatic carbocycles. The molecule has 2 heterocycles. The topological polar surface area (TPSA) is 43.4 Å². The Morgan fingerprint density at radius 3 is 3.12 bits per heavy atom. The highest BCUT2D eigenvalue weighted by molar-refractivity contribution is 7.99. The van der Waals surface area contributed by atoms with E-state index in [4.69, 9.17) is 4.74 Å². The van der Waals surface area contributed by atoms with E-state index in [1.165, 1.54) is 5.57 Å². The Balaban J connectivity index is 2.00. The van der Waals surface area contributed by atoms with Gasteiger partial charge in [0.25, 0.3) is 0 Å². The zero-order chi connectivity index (χ0) is 12.0. The maximum Gasteiger partial charge on any atom is 0.313 e. The lowest BCUT2D eigenvalue weighted by Gasteiger charge is -2.38. The van der Waals surface area contributed by atoms with Crippen LogP contribution >= 0.6 is 11.8 Å². The van der Waals surface area contributed by atoms with Crippen molar-refractivity contribution in [3.05, 3.63) is 11.6 Å². The maximum atomic E-state index is 11.8. The maximum absolute atomic E-state index is 11.8. The molecule has 0 radical (unpaired) electrons. The average molecular weight is 252 g/mol. The van der Waals surface area contributed by atoms with Crippen LogP contribution in [-0.2, 0) is 14.3 Å². The summed E-state index contributed by atoms with van der Waals surface area (Å²) in [5.74, 6) is 2.17. The molecule has 0 amide bonds. The van der Waals surface area contributed by atoms with Gasteiger partial charge in [0.05, 0.1) is 5.92 Å². The van der Waals surface area contributed by atoms with E-state index in [2.05, 4.69) is 6.08 Å². The lowest BCUT2D eigenvalue weighted by molar-refractivity contribution is -0.142. The van der Waals surface area contributed by atoms with Gasteiger partial charge >= 0.3 is 5.97 Å². The number of hydrogen-bond donors (Lipinski definition) is 0. The predicted molar refractivity (Wildman–Crippen MR) is 65.6 cm³/mol. The molecule has 2 saturated heterocycles. The second-order valence-corrected chi connectivity index (χ2v) is 6.25. The number of aldehydes is 1. The molecular formula is C13H16O3S. The van der Waals surface area contributed by atoms with Crippen LogP contribution in [0.1, 0.15) is 13.3 Å². The Morgan fingerprint density at radius 1 is 1.53 bits per heavy atom. The Labute approximate surface area is 105 Å². The summed E-state index contributed by atoms with van der Waals surface area (Å²) < 4.78 is 5.30. The van der Waals surface area contributed by atoms with E-state index in [-0.39, 0.29) is 29.8 Å². The first kappa shape index (κ1) is 11.3. The molecule has 2 fully saturated rings. The van der Waals surface area contributed by atoms with E-state index in [0.717, 1.165) is 24.2 Å². The summed E-state index contributed by atoms with van der Waals surface area (Å²) in [6, 6.07) is 0. The molecule has 4 heteroatoms. The number of carbonyl (C=O) groups is 2. The number of ether oxygens (including phenoxy) is 1. The first-order chi connectivity index (χ1) is 8.22. The molecule has 0 bridgehead atoms. The van der Waals surface area contributed by atoms with Crippen LogP contribution in [0.5, 0.6) is 0 Å². The quantitative estimate of drug-likeness (QED) is 0.404. The minimum atomic E-state index is -0.176. The van der Waals surface area contributed by atoms with Crippen molar-refractivity contribution in [2.45, 2.75) is 19.4 Å². The van der Waals surface area contributed by atoms with Crippen LogP contribution in [0.2, 0.25) is 0 Å². The fourth-order valence-corrected chi connectivity index (χ4v) is 4.62. The SMILES string of the molecule is C[C@H]1OC(=O)[C@@H]2C=C3CSCCC3[C@H](C=O)[C@H]12. The van der Waals surface area contributed by atoms with Gasteiger partial charge in [-0.3, -0.25) is 4.79 Å². The highest BCUT2D eigenvalue weighted by atomic mass is 32.2. The van der Waals surface area contributed by atoms with Crippen molar-refractivity contribution in [2.75, 3.05) is 11.5 Å². The van der Waals surface area contributed by atoms with Crippen LogP contribution in [0.4, 0.5) is 0 Å². The van der Waals surface area contributed by atoms with E-state index in [0.29, 0.717) is 5.92 Å². The van der Waals surface area contributed by atoms with Crippen molar-refractivity contribution in [2.24, 2.45) is 23.7 Å². The molecule has 0 aromatic rings. The molecule has 17 heavy (non-hydrogen) atoms. The summed E-state index contributed by atoms with van der Waals surface area (Å²) >= 11 is 1.89. The summed E-state index contributed by atoms with van der Waals surface area (Å²) in [6.07, 6.45) is 4.09. The molecule has 3 rings (SSSR count). The Bertz CT molecular complexity index is 390. The highest BCUT2D eigenvalue weighted by Gasteiger charge is 2.51. The normalized spacial score (nSPS) is 44.4. The van der Waals surface area contributed by atoms with Gasteiger partial charge in [-0.15, -0.1) is 0 Å². The third-order valence-electron chi connectivity index (χ3n) is 4.31. The van der Waals surface area contributed by atoms with Gasteiger partial charge in [0.2, 0.25) is 0 Å². The second kappa shape index (κ2) is 4.16. The summed E-state index contributed by atoms with van der Waals surface area (Å²) in [4.78, 5) is 23.2. The van der Waals surface area contributed by atoms with Gasteiger partial charge in [0.15, 0.2) is 0 Å². The molecular weight excluding hydrogens is 236 g/mol. The fourth-order valence-electron chi connectivity index (χ4n) is 3.51. The van der Waals surface area contributed by atoms with Crippen molar-refractivity contribution in [3.8, 4) is 0 Å². The van der Waals surface area contributed by atoms with Gasteiger partial charge in [-0.1, -0.05) is 11.6 Å². The zero-order valence-electron chi connectivity index (χ0n) is 9.80. The van der Waals surface area contributed by atoms with Crippen LogP contribution < -0.4 is 0 Å². The van der Waals surface area contributed by atoms with Gasteiger partial charge < -0.3 is 9.53 Å². The summed E-state index contributed by atoms with van der Waals surface area (Å²) in [5, 5.41) is 0. The molecule has 3 aliphatic rings. The number of hydrogen-bond acceptors (Lipinski definition) is 4. The number of carbonyl (C=O) groups excluding carboxylic acids is 2. The highest BCUT2D eigenvalue weighted by Crippen LogP contribution is 2.48. The van der Waals surface area contributed by atoms with E-state index in [1.807, 2.05) is 18.7 Å². The molecule has 3 nitrogen and oxygen atoms in total. The van der Waals surface area contributed by atoms with Crippen LogP contribution in [0, 0.1) is 23.7 Å². The average Bonchev–Trinajstić information content (AvgIpc) is 2.62. The first-order valence-electron chi connectivity index (χ1n) is 6.16. The zero-order valence-corrected chi connectivity index (χ0v) is 10.6. The number of cyclic esters (lactones) is 1. The van der Waals surface area contributed by atoms with Crippen LogP contribution in [-0.4, -0.2) is 29.9 Å². The monoisotopic (exact) mass is 252 g/mol. The minimum Gasteiger partial charge on any atom is -0.462 e. The van der Waals surface area contributed by atoms with Crippen molar-refractivity contribution in [3.63, 3.8) is 0 Å². The summed E-state index contributed by atoms with van der Waals surface area (Å²) in [5.41, 5.74) is 1.30. The number of fused-ring (bicyclic) bond motifs is 2. The van der Waals surface area contributed by atoms with Gasteiger partial charge in [0, 0.05) is 17.6 Å². The fraction of sp³-hybridized carbons (Fsp3) is 0.692. The largest absolute Gasteiger partial charge is 0.462 e. The molecule has 0 N–H and O–H groups in total. The standard InChI is InChI=1S/C13H16O3S/c1-7-12-10(13(15)16-7)4-8-6-17-3-2-9(8)11(12)5-14/h4-5,7,9-12H,2-3,6H2,1H3/t7-,9?,10-,11+,12-/m1/s1. The molecule has 0 saturated carbocycles. The lowest BCUT2D eigenvalue weighted by Crippen LogP contribution is -2.39. The number of thioether (sulfide) groups is 1. The number of esters is 1. The van der Waals surface area contributed by atoms with E-state index < -0.39 is 0 Å². The molecule has 0 spiro atoms. The molecule has 1 unspecified atom stereocenters. The van der Waals surface area contributed by atoms with Crippen molar-refractivity contribution in [1.82, 2.24) is 0 Å². The van der Waals surface area contributed by atoms with Gasteiger partial charge in [0.1, 0.15) is 12.4 Å². The smallest absolute Gasteiger partial charge is 0.313 e. The van der Waals surface area contributed by atoms with Crippen molar-refractivity contribution in [1.29, 1.82) is 0 Å². The third-order valence-corrected chi connectivity index (χ3v) is 5.37. The van der Waals surface area contributed by atoms with Gasteiger partial charge in [-0.25, -0.2) is 0 Å². The van der Waals surface area contributed by atoms with Crippen LogP contribution in [0.3, 0.4) is 0 Å². The number of rotatable bonds is 1. The van der Waals surface area contributed by atoms with E-state index >= 15 is 0 Å². The molecule has 92 valence electrons. The molecule has 0 aromatic heterocycles. The lowest BCUT2D eigenvalue weighted by atomic mass is 9.66. The summed E-state index contributed by atoms with van der Waals surface area (Å²) in [6.45, 7) is 1.91. The third kappa shape index (κ3) is 1.65. The summed E-state index contributed by atoms with van der Waals surface area (Å²) in [7, 11) is 0. The Kier molecular flexibility index (Phi) is 2.77. The molecule has 0 aromatic carbocycles. The molecule has 5 atom stereocenters. The van der Waals surface area contributed by atoms with Crippen molar-refractivity contribution < 1.29 is 14.3 Å². The van der Waals surface area contributed by atoms with Gasteiger partial charge in [-0.2, -0.15) is 11.8 Å². The van der Waals surface area contributed by atoms with E-state index in [1.54, 1.807) is 0 Å². The minimum absolute atomic E-state index is 0.0256. The molecule has 2 aliphatic heterocycles. The van der Waals surface area contributed by atoms with Crippen LogP contribution in [0.25, 0.3) is 0 Å². The van der Waals surface area contributed by atoms with E-state index in [9.17, 15) is 9.59 Å². The Morgan fingerprint density at radius 2 is 2.35 bits per heavy atom. The predicted octanol–water partition coefficient (Wildman–Crippen LogP) is 1.67. The Hall–Kier alpha value is -0.770. The van der Waals surface area contributed by atoms with Crippen molar-refractivity contribution >= 4 is 24.0 Å². The first-order valence-corrected chi connectivity index (χ1v) is 7.32.